The Kier molecular flexibility index (Phi) is 3.55. The first-order valence-electron chi connectivity index (χ1n) is 7.22. The van der Waals surface area contributed by atoms with Gasteiger partial charge in [0.1, 0.15) is 0 Å². The van der Waals surface area contributed by atoms with Gasteiger partial charge in [0, 0.05) is 11.5 Å². The predicted molar refractivity (Wildman–Crippen MR) is 81.7 cm³/mol. The van der Waals surface area contributed by atoms with Gasteiger partial charge in [0.25, 0.3) is 0 Å². The number of rotatable bonds is 2. The number of benzene rings is 2. The highest BCUT2D eigenvalue weighted by Crippen LogP contribution is 2.37. The van der Waals surface area contributed by atoms with Crippen LogP contribution in [-0.2, 0) is 6.42 Å². The van der Waals surface area contributed by atoms with Gasteiger partial charge < -0.3 is 5.21 Å². The molecule has 0 radical (unpaired) electrons. The van der Waals surface area contributed by atoms with E-state index < -0.39 is 0 Å². The average Bonchev–Trinajstić information content (AvgIpc) is 2.54. The molecule has 2 nitrogen and oxygen atoms in total. The standard InChI is InChI=1S/C18H19NO/c1-2-13-8-9-16-15(14-6-4-3-5-7-14)10-11-18(19-20)17(16)12-13/h3-9,12,15,20H,2,10-11H2,1H3/b19-18-/t15-/m0/s1. The van der Waals surface area contributed by atoms with Gasteiger partial charge in [0.2, 0.25) is 0 Å². The maximum atomic E-state index is 9.25. The molecule has 0 aliphatic heterocycles. The van der Waals surface area contributed by atoms with Crippen molar-refractivity contribution < 1.29 is 5.21 Å². The number of hydrogen-bond donors (Lipinski definition) is 1. The van der Waals surface area contributed by atoms with Crippen molar-refractivity contribution in [1.29, 1.82) is 0 Å². The first kappa shape index (κ1) is 12.9. The highest BCUT2D eigenvalue weighted by atomic mass is 16.4. The minimum Gasteiger partial charge on any atom is -0.411 e. The van der Waals surface area contributed by atoms with Crippen LogP contribution in [0.2, 0.25) is 0 Å². The molecule has 2 aromatic carbocycles. The van der Waals surface area contributed by atoms with E-state index in [1.165, 1.54) is 16.7 Å². The van der Waals surface area contributed by atoms with Gasteiger partial charge in [-0.05, 0) is 42.0 Å². The highest BCUT2D eigenvalue weighted by molar-refractivity contribution is 6.03. The van der Waals surface area contributed by atoms with Crippen LogP contribution in [0.15, 0.2) is 53.7 Å². The van der Waals surface area contributed by atoms with Crippen LogP contribution < -0.4 is 0 Å². The molecule has 0 saturated heterocycles. The summed E-state index contributed by atoms with van der Waals surface area (Å²) in [6.45, 7) is 2.15. The van der Waals surface area contributed by atoms with Gasteiger partial charge in [0.05, 0.1) is 5.71 Å². The fourth-order valence-corrected chi connectivity index (χ4v) is 3.08. The van der Waals surface area contributed by atoms with Gasteiger partial charge in [-0.15, -0.1) is 0 Å². The Bertz CT molecular complexity index is 631. The van der Waals surface area contributed by atoms with E-state index in [1.807, 2.05) is 6.07 Å². The minimum atomic E-state index is 0.405. The van der Waals surface area contributed by atoms with E-state index in [1.54, 1.807) is 0 Å². The zero-order valence-corrected chi connectivity index (χ0v) is 11.7. The van der Waals surface area contributed by atoms with Gasteiger partial charge >= 0.3 is 0 Å². The highest BCUT2D eigenvalue weighted by Gasteiger charge is 2.25. The van der Waals surface area contributed by atoms with Crippen LogP contribution >= 0.6 is 0 Å². The Labute approximate surface area is 119 Å². The Morgan fingerprint density at radius 3 is 2.65 bits per heavy atom. The van der Waals surface area contributed by atoms with Crippen LogP contribution in [0.5, 0.6) is 0 Å². The van der Waals surface area contributed by atoms with E-state index in [9.17, 15) is 5.21 Å². The molecule has 1 N–H and O–H groups in total. The molecule has 0 fully saturated rings. The fourth-order valence-electron chi connectivity index (χ4n) is 3.08. The second-order valence-corrected chi connectivity index (χ2v) is 5.32. The molecule has 0 aromatic heterocycles. The molecule has 0 bridgehead atoms. The largest absolute Gasteiger partial charge is 0.411 e. The summed E-state index contributed by atoms with van der Waals surface area (Å²) in [6, 6.07) is 17.2. The molecule has 0 saturated carbocycles. The molecular weight excluding hydrogens is 246 g/mol. The van der Waals surface area contributed by atoms with Crippen LogP contribution in [0.4, 0.5) is 0 Å². The van der Waals surface area contributed by atoms with E-state index in [4.69, 9.17) is 0 Å². The van der Waals surface area contributed by atoms with Crippen LogP contribution in [0.3, 0.4) is 0 Å². The van der Waals surface area contributed by atoms with E-state index in [0.29, 0.717) is 5.92 Å². The third kappa shape index (κ3) is 2.22. The lowest BCUT2D eigenvalue weighted by atomic mass is 9.77. The summed E-state index contributed by atoms with van der Waals surface area (Å²) in [5, 5.41) is 12.8. The molecule has 0 spiro atoms. The predicted octanol–water partition coefficient (Wildman–Crippen LogP) is 4.35. The number of oxime groups is 1. The second-order valence-electron chi connectivity index (χ2n) is 5.32. The van der Waals surface area contributed by atoms with Crippen LogP contribution in [-0.4, -0.2) is 10.9 Å². The number of nitrogens with zero attached hydrogens (tertiary/aromatic N) is 1. The quantitative estimate of drug-likeness (QED) is 0.635. The van der Waals surface area contributed by atoms with Crippen molar-refractivity contribution in [3.05, 3.63) is 70.8 Å². The Morgan fingerprint density at radius 1 is 1.15 bits per heavy atom. The van der Waals surface area contributed by atoms with Gasteiger partial charge in [-0.3, -0.25) is 0 Å². The van der Waals surface area contributed by atoms with Crippen LogP contribution in [0, 0.1) is 0 Å². The molecular formula is C18H19NO. The maximum absolute atomic E-state index is 9.25. The number of fused-ring (bicyclic) bond motifs is 1. The fraction of sp³-hybridized carbons (Fsp3) is 0.278. The summed E-state index contributed by atoms with van der Waals surface area (Å²) in [4.78, 5) is 0. The normalized spacial score (nSPS) is 19.9. The number of aryl methyl sites for hydroxylation is 1. The summed E-state index contributed by atoms with van der Waals surface area (Å²) >= 11 is 0. The maximum Gasteiger partial charge on any atom is 0.0871 e. The molecule has 0 unspecified atom stereocenters. The summed E-state index contributed by atoms with van der Waals surface area (Å²) in [5.41, 5.74) is 5.86. The molecule has 3 rings (SSSR count). The summed E-state index contributed by atoms with van der Waals surface area (Å²) < 4.78 is 0. The third-order valence-electron chi connectivity index (χ3n) is 4.20. The van der Waals surface area contributed by atoms with Crippen LogP contribution in [0.25, 0.3) is 0 Å². The van der Waals surface area contributed by atoms with Gasteiger partial charge in [-0.25, -0.2) is 0 Å². The van der Waals surface area contributed by atoms with Gasteiger partial charge in [-0.2, -0.15) is 0 Å². The van der Waals surface area contributed by atoms with Gasteiger partial charge in [-0.1, -0.05) is 54.5 Å². The summed E-state index contributed by atoms with van der Waals surface area (Å²) in [7, 11) is 0. The molecule has 20 heavy (non-hydrogen) atoms. The smallest absolute Gasteiger partial charge is 0.0871 e. The van der Waals surface area contributed by atoms with Crippen molar-refractivity contribution in [3.8, 4) is 0 Å². The lowest BCUT2D eigenvalue weighted by molar-refractivity contribution is 0.317. The summed E-state index contributed by atoms with van der Waals surface area (Å²) in [6.07, 6.45) is 2.83. The zero-order chi connectivity index (χ0) is 13.9. The van der Waals surface area contributed by atoms with E-state index in [2.05, 4.69) is 54.5 Å². The van der Waals surface area contributed by atoms with Crippen molar-refractivity contribution >= 4 is 5.71 Å². The van der Waals surface area contributed by atoms with Gasteiger partial charge in [0.15, 0.2) is 0 Å². The van der Waals surface area contributed by atoms with E-state index in [-0.39, 0.29) is 0 Å². The first-order valence-corrected chi connectivity index (χ1v) is 7.22. The monoisotopic (exact) mass is 265 g/mol. The topological polar surface area (TPSA) is 32.6 Å². The lowest BCUT2D eigenvalue weighted by Crippen LogP contribution is -2.17. The van der Waals surface area contributed by atoms with Crippen LogP contribution in [0.1, 0.15) is 47.9 Å². The van der Waals surface area contributed by atoms with Crippen molar-refractivity contribution in [2.24, 2.45) is 5.16 Å². The SMILES string of the molecule is CCc1ccc2c(c1)/C(=N\O)CC[C@H]2c1ccccc1. The molecule has 1 aliphatic carbocycles. The minimum absolute atomic E-state index is 0.405. The molecule has 2 heteroatoms. The Morgan fingerprint density at radius 2 is 1.95 bits per heavy atom. The molecule has 2 aromatic rings. The first-order chi connectivity index (χ1) is 9.83. The van der Waals surface area contributed by atoms with E-state index in [0.717, 1.165) is 30.5 Å². The summed E-state index contributed by atoms with van der Waals surface area (Å²) in [5.74, 6) is 0.405. The van der Waals surface area contributed by atoms with Crippen molar-refractivity contribution in [1.82, 2.24) is 0 Å². The van der Waals surface area contributed by atoms with E-state index >= 15 is 0 Å². The zero-order valence-electron chi connectivity index (χ0n) is 11.7. The lowest BCUT2D eigenvalue weighted by Gasteiger charge is -2.27. The van der Waals surface area contributed by atoms with Crippen molar-refractivity contribution in [3.63, 3.8) is 0 Å². The molecule has 0 heterocycles. The average molecular weight is 265 g/mol. The third-order valence-corrected chi connectivity index (χ3v) is 4.20. The molecule has 1 atom stereocenters. The second kappa shape index (κ2) is 5.49. The Hall–Kier alpha value is -2.09. The Balaban J connectivity index is 2.11. The number of hydrogen-bond acceptors (Lipinski definition) is 2. The molecule has 0 amide bonds. The van der Waals surface area contributed by atoms with Crippen molar-refractivity contribution in [2.45, 2.75) is 32.1 Å². The molecule has 1 aliphatic rings. The molecule has 102 valence electrons. The van der Waals surface area contributed by atoms with Crippen molar-refractivity contribution in [2.75, 3.05) is 0 Å².